The first-order valence-electron chi connectivity index (χ1n) is 6.51. The molecule has 0 saturated carbocycles. The Morgan fingerprint density at radius 3 is 2.95 bits per heavy atom. The Hall–Kier alpha value is -2.25. The third-order valence-corrected chi connectivity index (χ3v) is 3.88. The maximum Gasteiger partial charge on any atom is 0.270 e. The van der Waals surface area contributed by atoms with E-state index in [1.807, 2.05) is 24.3 Å². The summed E-state index contributed by atoms with van der Waals surface area (Å²) < 4.78 is 7.74. The second-order valence-electron chi connectivity index (χ2n) is 4.40. The summed E-state index contributed by atoms with van der Waals surface area (Å²) in [6.45, 7) is 1.12. The van der Waals surface area contributed by atoms with E-state index in [9.17, 15) is 4.79 Å². The number of aromatic nitrogens is 3. The normalized spacial score (nSPS) is 10.9. The first-order valence-corrected chi connectivity index (χ1v) is 7.32. The summed E-state index contributed by atoms with van der Waals surface area (Å²) in [7, 11) is 0. The van der Waals surface area contributed by atoms with Crippen molar-refractivity contribution in [3.05, 3.63) is 51.9 Å². The quantitative estimate of drug-likeness (QED) is 0.766. The zero-order valence-corrected chi connectivity index (χ0v) is 12.0. The van der Waals surface area contributed by atoms with E-state index in [0.717, 1.165) is 15.2 Å². The highest BCUT2D eigenvalue weighted by Crippen LogP contribution is 2.21. The van der Waals surface area contributed by atoms with Crippen LogP contribution in [0, 0.1) is 0 Å². The van der Waals surface area contributed by atoms with Crippen molar-refractivity contribution in [3.8, 4) is 5.75 Å². The molecule has 3 aromatic rings. The van der Waals surface area contributed by atoms with Gasteiger partial charge in [0.05, 0.1) is 23.0 Å². The highest BCUT2D eigenvalue weighted by Gasteiger charge is 2.07. The third kappa shape index (κ3) is 3.09. The van der Waals surface area contributed by atoms with Crippen LogP contribution in [0.2, 0.25) is 0 Å². The van der Waals surface area contributed by atoms with Crippen LogP contribution in [0.5, 0.6) is 5.75 Å². The molecular formula is C14H14N4O2S. The molecule has 7 heteroatoms. The van der Waals surface area contributed by atoms with Crippen LogP contribution in [0.25, 0.3) is 10.2 Å². The summed E-state index contributed by atoms with van der Waals surface area (Å²) in [6, 6.07) is 9.29. The lowest BCUT2D eigenvalue weighted by Gasteiger charge is -2.05. The maximum absolute atomic E-state index is 12.0. The number of fused-ring (bicyclic) bond motifs is 1. The van der Waals surface area contributed by atoms with Crippen molar-refractivity contribution >= 4 is 21.6 Å². The second kappa shape index (κ2) is 6.02. The summed E-state index contributed by atoms with van der Waals surface area (Å²) in [6.07, 6.45) is 1.52. The molecule has 2 N–H and O–H groups in total. The number of hydrogen-bond donors (Lipinski definition) is 1. The molecule has 0 aliphatic rings. The van der Waals surface area contributed by atoms with Gasteiger partial charge in [-0.15, -0.1) is 11.3 Å². The van der Waals surface area contributed by atoms with Crippen LogP contribution in [0.4, 0.5) is 0 Å². The van der Waals surface area contributed by atoms with Crippen LogP contribution in [-0.4, -0.2) is 27.9 Å². The predicted molar refractivity (Wildman–Crippen MR) is 81.8 cm³/mol. The molecule has 0 bridgehead atoms. The number of thiazole rings is 1. The van der Waals surface area contributed by atoms with Crippen LogP contribution in [-0.2, 0) is 6.54 Å². The maximum atomic E-state index is 12.0. The first kappa shape index (κ1) is 13.7. The van der Waals surface area contributed by atoms with E-state index >= 15 is 0 Å². The molecule has 0 aliphatic heterocycles. The monoisotopic (exact) mass is 302 g/mol. The smallest absolute Gasteiger partial charge is 0.270 e. The highest BCUT2D eigenvalue weighted by molar-refractivity contribution is 7.18. The highest BCUT2D eigenvalue weighted by atomic mass is 32.1. The van der Waals surface area contributed by atoms with E-state index in [1.54, 1.807) is 11.3 Å². The number of para-hydroxylation sites is 1. The fourth-order valence-corrected chi connectivity index (χ4v) is 2.86. The molecule has 2 heterocycles. The first-order chi connectivity index (χ1) is 10.3. The summed E-state index contributed by atoms with van der Waals surface area (Å²) in [5.41, 5.74) is 6.07. The molecule has 0 atom stereocenters. The molecule has 6 nitrogen and oxygen atoms in total. The van der Waals surface area contributed by atoms with E-state index < -0.39 is 0 Å². The molecule has 0 aliphatic carbocycles. The average molecular weight is 302 g/mol. The molecule has 0 fully saturated rings. The minimum Gasteiger partial charge on any atom is -0.490 e. The van der Waals surface area contributed by atoms with Gasteiger partial charge in [0, 0.05) is 12.6 Å². The number of hydrogen-bond acceptors (Lipinski definition) is 6. The number of rotatable bonds is 5. The molecule has 0 unspecified atom stereocenters. The Balaban J connectivity index is 1.82. The lowest BCUT2D eigenvalue weighted by atomic mass is 10.3. The molecule has 21 heavy (non-hydrogen) atoms. The Morgan fingerprint density at radius 2 is 2.19 bits per heavy atom. The second-order valence-corrected chi connectivity index (χ2v) is 5.51. The van der Waals surface area contributed by atoms with Gasteiger partial charge >= 0.3 is 0 Å². The molecular weight excluding hydrogens is 288 g/mol. The van der Waals surface area contributed by atoms with E-state index in [0.29, 0.717) is 25.4 Å². The van der Waals surface area contributed by atoms with Crippen LogP contribution >= 0.6 is 11.3 Å². The van der Waals surface area contributed by atoms with Crippen molar-refractivity contribution in [2.24, 2.45) is 5.73 Å². The van der Waals surface area contributed by atoms with Crippen molar-refractivity contribution in [3.63, 3.8) is 0 Å². The van der Waals surface area contributed by atoms with Gasteiger partial charge in [0.15, 0.2) is 0 Å². The summed E-state index contributed by atoms with van der Waals surface area (Å²) in [5, 5.41) is 4.95. The van der Waals surface area contributed by atoms with E-state index in [1.165, 1.54) is 16.9 Å². The molecule has 1 aromatic carbocycles. The van der Waals surface area contributed by atoms with Crippen LogP contribution in [0.1, 0.15) is 5.01 Å². The molecule has 3 rings (SSSR count). The van der Waals surface area contributed by atoms with Crippen molar-refractivity contribution in [1.82, 2.24) is 14.8 Å². The van der Waals surface area contributed by atoms with Gasteiger partial charge in [-0.2, -0.15) is 5.10 Å². The Labute approximate surface area is 124 Å². The zero-order valence-electron chi connectivity index (χ0n) is 11.2. The summed E-state index contributed by atoms with van der Waals surface area (Å²) in [5.74, 6) is 0.436. The number of nitrogens with zero attached hydrogens (tertiary/aromatic N) is 3. The molecule has 0 spiro atoms. The number of nitrogens with two attached hydrogens (primary N) is 1. The SMILES string of the molecule is NCCOc1cnn(Cc2nc3ccccc3s2)c(=O)c1. The molecule has 0 saturated heterocycles. The number of ether oxygens (including phenoxy) is 1. The van der Waals surface area contributed by atoms with Gasteiger partial charge in [0.25, 0.3) is 5.56 Å². The Kier molecular flexibility index (Phi) is 3.94. The molecule has 0 amide bonds. The van der Waals surface area contributed by atoms with Crippen molar-refractivity contribution in [2.75, 3.05) is 13.2 Å². The topological polar surface area (TPSA) is 83.0 Å². The van der Waals surface area contributed by atoms with Gasteiger partial charge in [0.1, 0.15) is 17.4 Å². The van der Waals surface area contributed by atoms with Gasteiger partial charge in [-0.25, -0.2) is 9.67 Å². The van der Waals surface area contributed by atoms with E-state index in [2.05, 4.69) is 10.1 Å². The predicted octanol–water partition coefficient (Wildman–Crippen LogP) is 1.24. The fraction of sp³-hybridized carbons (Fsp3) is 0.214. The van der Waals surface area contributed by atoms with Gasteiger partial charge < -0.3 is 10.5 Å². The Bertz CT molecular complexity index is 779. The van der Waals surface area contributed by atoms with Crippen molar-refractivity contribution in [2.45, 2.75) is 6.54 Å². The Morgan fingerprint density at radius 1 is 1.33 bits per heavy atom. The minimum atomic E-state index is -0.219. The standard InChI is InChI=1S/C14H14N4O2S/c15-5-6-20-10-7-14(19)18(16-8-10)9-13-17-11-3-1-2-4-12(11)21-13/h1-4,7-8H,5-6,9,15H2. The minimum absolute atomic E-state index is 0.219. The summed E-state index contributed by atoms with van der Waals surface area (Å²) >= 11 is 1.56. The molecule has 108 valence electrons. The van der Waals surface area contributed by atoms with Gasteiger partial charge in [-0.1, -0.05) is 12.1 Å². The van der Waals surface area contributed by atoms with Gasteiger partial charge in [-0.3, -0.25) is 4.79 Å². The number of benzene rings is 1. The van der Waals surface area contributed by atoms with Gasteiger partial charge in [-0.05, 0) is 12.1 Å². The van der Waals surface area contributed by atoms with Crippen molar-refractivity contribution < 1.29 is 4.74 Å². The van der Waals surface area contributed by atoms with E-state index in [-0.39, 0.29) is 5.56 Å². The van der Waals surface area contributed by atoms with E-state index in [4.69, 9.17) is 10.5 Å². The zero-order chi connectivity index (χ0) is 14.7. The van der Waals surface area contributed by atoms with Gasteiger partial charge in [0.2, 0.25) is 0 Å². The third-order valence-electron chi connectivity index (χ3n) is 2.85. The fourth-order valence-electron chi connectivity index (χ4n) is 1.91. The summed E-state index contributed by atoms with van der Waals surface area (Å²) in [4.78, 5) is 16.5. The van der Waals surface area contributed by atoms with Crippen LogP contribution in [0.3, 0.4) is 0 Å². The lowest BCUT2D eigenvalue weighted by Crippen LogP contribution is -2.23. The largest absolute Gasteiger partial charge is 0.490 e. The lowest BCUT2D eigenvalue weighted by molar-refractivity contribution is 0.324. The average Bonchev–Trinajstić information content (AvgIpc) is 2.90. The van der Waals surface area contributed by atoms with Crippen LogP contribution < -0.4 is 16.0 Å². The molecule has 2 aromatic heterocycles. The molecule has 0 radical (unpaired) electrons. The van der Waals surface area contributed by atoms with Crippen molar-refractivity contribution in [1.29, 1.82) is 0 Å². The van der Waals surface area contributed by atoms with Crippen LogP contribution in [0.15, 0.2) is 41.3 Å².